The van der Waals surface area contributed by atoms with Crippen LogP contribution < -0.4 is 15.5 Å². The first kappa shape index (κ1) is 33.3. The summed E-state index contributed by atoms with van der Waals surface area (Å²) in [5.41, 5.74) is 1.00. The summed E-state index contributed by atoms with van der Waals surface area (Å²) < 4.78 is 0. The summed E-state index contributed by atoms with van der Waals surface area (Å²) in [4.78, 5) is 60.4. The van der Waals surface area contributed by atoms with E-state index >= 15 is 0 Å². The Morgan fingerprint density at radius 1 is 0.851 bits per heavy atom. The van der Waals surface area contributed by atoms with Crippen LogP contribution in [-0.2, 0) is 25.6 Å². The second-order valence-electron chi connectivity index (χ2n) is 13.9. The number of hydrogen-bond acceptors (Lipinski definition) is 5. The van der Waals surface area contributed by atoms with E-state index in [-0.39, 0.29) is 42.1 Å². The molecule has 2 heterocycles. The molecule has 10 heteroatoms. The van der Waals surface area contributed by atoms with E-state index in [4.69, 9.17) is 11.6 Å². The third-order valence-corrected chi connectivity index (χ3v) is 11.0. The quantitative estimate of drug-likeness (QED) is 0.391. The monoisotopic (exact) mass is 661 g/mol. The molecule has 2 aliphatic carbocycles. The van der Waals surface area contributed by atoms with Gasteiger partial charge in [0.05, 0.1) is 6.67 Å². The molecule has 2 saturated carbocycles. The number of anilines is 1. The van der Waals surface area contributed by atoms with Gasteiger partial charge in [-0.2, -0.15) is 0 Å². The van der Waals surface area contributed by atoms with Crippen LogP contribution in [0.4, 0.5) is 5.69 Å². The SMILES string of the molecule is O=C(CN1CN(c2ccccc2)C2(CCN(C(=O)C(Cc3ccc(Cl)cc3)NC(=O)C3CCCCC3)CC2)C1=O)NC1CCCCC1. The van der Waals surface area contributed by atoms with Gasteiger partial charge in [0.25, 0.3) is 5.91 Å². The molecule has 9 nitrogen and oxygen atoms in total. The fraction of sp³-hybridized carbons (Fsp3) is 0.568. The van der Waals surface area contributed by atoms with Gasteiger partial charge in [0.1, 0.15) is 18.1 Å². The Hall–Kier alpha value is -3.59. The average molecular weight is 662 g/mol. The zero-order valence-electron chi connectivity index (χ0n) is 27.3. The highest BCUT2D eigenvalue weighted by Gasteiger charge is 2.54. The molecule has 2 aromatic rings. The predicted octanol–water partition coefficient (Wildman–Crippen LogP) is 5.06. The van der Waals surface area contributed by atoms with Crippen molar-refractivity contribution in [3.8, 4) is 0 Å². The molecular formula is C37H48ClN5O4. The maximum Gasteiger partial charge on any atom is 0.250 e. The summed E-state index contributed by atoms with van der Waals surface area (Å²) in [5.74, 6) is -0.406. The normalized spacial score (nSPS) is 21.1. The zero-order chi connectivity index (χ0) is 32.8. The highest BCUT2D eigenvalue weighted by molar-refractivity contribution is 6.30. The fourth-order valence-electron chi connectivity index (χ4n) is 8.04. The van der Waals surface area contributed by atoms with Crippen LogP contribution in [0.15, 0.2) is 54.6 Å². The predicted molar refractivity (Wildman–Crippen MR) is 183 cm³/mol. The van der Waals surface area contributed by atoms with Crippen LogP contribution in [0.2, 0.25) is 5.02 Å². The van der Waals surface area contributed by atoms with Crippen molar-refractivity contribution >= 4 is 40.9 Å². The molecule has 1 spiro atoms. The standard InChI is InChI=1S/C37H48ClN5O4/c38-29-18-16-27(17-19-29)24-32(40-34(45)28-10-4-1-5-11-28)35(46)41-22-20-37(21-23-41)36(47)42(26-43(37)31-14-8-3-9-15-31)25-33(44)39-30-12-6-2-7-13-30/h3,8-9,14-19,28,30,32H,1-2,4-7,10-13,20-26H2,(H,39,44)(H,40,45). The van der Waals surface area contributed by atoms with Crippen LogP contribution >= 0.6 is 11.6 Å². The van der Waals surface area contributed by atoms with Crippen LogP contribution in [0.1, 0.15) is 82.6 Å². The fourth-order valence-corrected chi connectivity index (χ4v) is 8.17. The molecule has 2 aromatic carbocycles. The molecule has 2 N–H and O–H groups in total. The van der Waals surface area contributed by atoms with Crippen LogP contribution in [0.3, 0.4) is 0 Å². The molecule has 252 valence electrons. The second-order valence-corrected chi connectivity index (χ2v) is 14.3. The van der Waals surface area contributed by atoms with Crippen molar-refractivity contribution in [1.82, 2.24) is 20.4 Å². The molecule has 2 aliphatic heterocycles. The van der Waals surface area contributed by atoms with Gasteiger partial charge in [0.2, 0.25) is 17.7 Å². The maximum atomic E-state index is 14.2. The Morgan fingerprint density at radius 3 is 2.15 bits per heavy atom. The lowest BCUT2D eigenvalue weighted by Gasteiger charge is -2.44. The Morgan fingerprint density at radius 2 is 1.49 bits per heavy atom. The van der Waals surface area contributed by atoms with Crippen molar-refractivity contribution in [3.63, 3.8) is 0 Å². The molecule has 6 rings (SSSR count). The Bertz CT molecular complexity index is 1400. The third kappa shape index (κ3) is 7.77. The lowest BCUT2D eigenvalue weighted by molar-refractivity contribution is -0.142. The van der Waals surface area contributed by atoms with Crippen LogP contribution in [-0.4, -0.2) is 77.4 Å². The average Bonchev–Trinajstić information content (AvgIpc) is 3.36. The van der Waals surface area contributed by atoms with Crippen molar-refractivity contribution in [2.45, 2.75) is 101 Å². The van der Waals surface area contributed by atoms with Gasteiger partial charge in [-0.25, -0.2) is 0 Å². The summed E-state index contributed by atoms with van der Waals surface area (Å²) in [5, 5.41) is 6.90. The second kappa shape index (κ2) is 15.1. The number of piperidine rings is 1. The molecule has 1 unspecified atom stereocenters. The molecular weight excluding hydrogens is 614 g/mol. The first-order valence-corrected chi connectivity index (χ1v) is 18.0. The molecule has 2 saturated heterocycles. The summed E-state index contributed by atoms with van der Waals surface area (Å²) in [6, 6.07) is 16.8. The minimum Gasteiger partial charge on any atom is -0.352 e. The number of likely N-dealkylation sites (tertiary alicyclic amines) is 1. The topological polar surface area (TPSA) is 102 Å². The highest BCUT2D eigenvalue weighted by Crippen LogP contribution is 2.39. The number of para-hydroxylation sites is 1. The van der Waals surface area contributed by atoms with Gasteiger partial charge in [-0.3, -0.25) is 19.2 Å². The number of halogens is 1. The highest BCUT2D eigenvalue weighted by atomic mass is 35.5. The molecule has 4 aliphatic rings. The summed E-state index contributed by atoms with van der Waals surface area (Å²) in [6.45, 7) is 1.11. The minimum atomic E-state index is -0.847. The number of nitrogens with zero attached hydrogens (tertiary/aromatic N) is 3. The summed E-state index contributed by atoms with van der Waals surface area (Å²) >= 11 is 6.13. The smallest absolute Gasteiger partial charge is 0.250 e. The Balaban J connectivity index is 1.16. The Labute approximate surface area is 283 Å². The van der Waals surface area contributed by atoms with E-state index in [2.05, 4.69) is 15.5 Å². The molecule has 4 fully saturated rings. The van der Waals surface area contributed by atoms with E-state index in [1.165, 1.54) is 6.42 Å². The van der Waals surface area contributed by atoms with Gasteiger partial charge in [0, 0.05) is 42.2 Å². The lowest BCUT2D eigenvalue weighted by Crippen LogP contribution is -2.60. The minimum absolute atomic E-state index is 0.0272. The molecule has 1 atom stereocenters. The van der Waals surface area contributed by atoms with Crippen molar-refractivity contribution in [3.05, 3.63) is 65.2 Å². The maximum absolute atomic E-state index is 14.2. The number of carbonyl (C=O) groups is 4. The zero-order valence-corrected chi connectivity index (χ0v) is 28.1. The van der Waals surface area contributed by atoms with Crippen LogP contribution in [0.25, 0.3) is 0 Å². The number of nitrogens with one attached hydrogen (secondary N) is 2. The molecule has 0 radical (unpaired) electrons. The Kier molecular flexibility index (Phi) is 10.7. The number of amides is 4. The van der Waals surface area contributed by atoms with E-state index in [1.807, 2.05) is 47.4 Å². The first-order chi connectivity index (χ1) is 22.8. The van der Waals surface area contributed by atoms with Gasteiger partial charge >= 0.3 is 0 Å². The van der Waals surface area contributed by atoms with Crippen LogP contribution in [0, 0.1) is 5.92 Å². The number of carbonyl (C=O) groups excluding carboxylic acids is 4. The summed E-state index contributed by atoms with van der Waals surface area (Å²) in [6.07, 6.45) is 11.6. The van der Waals surface area contributed by atoms with Crippen molar-refractivity contribution in [2.75, 3.05) is 31.2 Å². The van der Waals surface area contributed by atoms with E-state index in [0.717, 1.165) is 69.0 Å². The summed E-state index contributed by atoms with van der Waals surface area (Å²) in [7, 11) is 0. The number of rotatable bonds is 9. The molecule has 4 amide bonds. The van der Waals surface area contributed by atoms with Gasteiger partial charge in [-0.05, 0) is 68.4 Å². The van der Waals surface area contributed by atoms with Gasteiger partial charge in [-0.15, -0.1) is 0 Å². The molecule has 47 heavy (non-hydrogen) atoms. The van der Waals surface area contributed by atoms with E-state index in [1.54, 1.807) is 17.0 Å². The van der Waals surface area contributed by atoms with Crippen molar-refractivity contribution in [2.24, 2.45) is 5.92 Å². The van der Waals surface area contributed by atoms with Gasteiger partial charge in [0.15, 0.2) is 0 Å². The lowest BCUT2D eigenvalue weighted by atomic mass is 9.85. The van der Waals surface area contributed by atoms with E-state index < -0.39 is 11.6 Å². The largest absolute Gasteiger partial charge is 0.352 e. The molecule has 0 aromatic heterocycles. The van der Waals surface area contributed by atoms with Crippen molar-refractivity contribution < 1.29 is 19.2 Å². The molecule has 0 bridgehead atoms. The third-order valence-electron chi connectivity index (χ3n) is 10.7. The van der Waals surface area contributed by atoms with Crippen LogP contribution in [0.5, 0.6) is 0 Å². The first-order valence-electron chi connectivity index (χ1n) is 17.6. The van der Waals surface area contributed by atoms with Gasteiger partial charge < -0.3 is 25.3 Å². The van der Waals surface area contributed by atoms with Gasteiger partial charge in [-0.1, -0.05) is 80.5 Å². The van der Waals surface area contributed by atoms with E-state index in [0.29, 0.717) is 44.0 Å². The number of hydrogen-bond donors (Lipinski definition) is 2. The number of benzene rings is 2. The van der Waals surface area contributed by atoms with E-state index in [9.17, 15) is 19.2 Å². The van der Waals surface area contributed by atoms with Crippen molar-refractivity contribution in [1.29, 1.82) is 0 Å².